The smallest absolute Gasteiger partial charge is 0.662 e. The molecule has 2 rings (SSSR count). The van der Waals surface area contributed by atoms with E-state index < -0.39 is 17.3 Å². The topological polar surface area (TPSA) is 74.0 Å². The van der Waals surface area contributed by atoms with Crippen LogP contribution < -0.4 is 58.2 Å². The third kappa shape index (κ3) is 5.08. The molecule has 106 valence electrons. The Balaban J connectivity index is 0.00000242. The molecule has 1 atom stereocenters. The van der Waals surface area contributed by atoms with Crippen LogP contribution in [-0.4, -0.2) is 16.0 Å². The molecule has 1 aromatic carbocycles. The van der Waals surface area contributed by atoms with Crippen LogP contribution in [0.25, 0.3) is 5.73 Å². The van der Waals surface area contributed by atoms with Crippen LogP contribution in [0.1, 0.15) is 28.5 Å². The summed E-state index contributed by atoms with van der Waals surface area (Å²) in [5, 5.41) is 10.3. The van der Waals surface area contributed by atoms with Gasteiger partial charge in [-0.3, -0.25) is 4.98 Å². The van der Waals surface area contributed by atoms with E-state index in [0.717, 1.165) is 0 Å². The first-order valence-corrected chi connectivity index (χ1v) is 6.12. The summed E-state index contributed by atoms with van der Waals surface area (Å²) in [7, 11) is 0. The van der Waals surface area contributed by atoms with Crippen molar-refractivity contribution in [2.24, 2.45) is 0 Å². The van der Waals surface area contributed by atoms with Crippen molar-refractivity contribution in [2.45, 2.75) is 12.5 Å². The molecule has 0 fully saturated rings. The maximum atomic E-state index is 13.2. The third-order valence-electron chi connectivity index (χ3n) is 2.83. The molecule has 2 aromatic rings. The van der Waals surface area contributed by atoms with E-state index >= 15 is 0 Å². The molecule has 22 heavy (non-hydrogen) atoms. The molecular formula is C16H12FN2O2Rb. The van der Waals surface area contributed by atoms with Gasteiger partial charge in [0.25, 0.3) is 0 Å². The Morgan fingerprint density at radius 2 is 2.09 bits per heavy atom. The number of amides is 1. The standard InChI is InChI=1S/C16H13FN2O2.Rb/c1-16(21,12-3-2-4-13(17)9-12)8-7-11-5-6-14(15(18)20)19-10-11;/h2-6,9-10,21H,1H3,(H2,18,20);/q;+1/p-1. The predicted octanol–water partition coefficient (Wildman–Crippen LogP) is -0.324. The molecule has 1 amide bonds. The molecule has 0 spiro atoms. The second-order valence-electron chi connectivity index (χ2n) is 4.59. The molecule has 0 aliphatic carbocycles. The van der Waals surface area contributed by atoms with Gasteiger partial charge in [0.15, 0.2) is 0 Å². The van der Waals surface area contributed by atoms with Gasteiger partial charge in [-0.25, -0.2) is 4.39 Å². The van der Waals surface area contributed by atoms with Gasteiger partial charge in [-0.05, 0) is 36.8 Å². The molecule has 0 aliphatic rings. The van der Waals surface area contributed by atoms with Crippen molar-refractivity contribution in [3.8, 4) is 11.8 Å². The van der Waals surface area contributed by atoms with Crippen LogP contribution in [0.2, 0.25) is 0 Å². The van der Waals surface area contributed by atoms with Crippen LogP contribution in [0.5, 0.6) is 0 Å². The minimum Gasteiger partial charge on any atom is -0.662 e. The zero-order valence-electron chi connectivity index (χ0n) is 12.2. The molecule has 1 unspecified atom stereocenters. The number of carbonyl (C=O) groups excluding carboxylic acids is 1. The van der Waals surface area contributed by atoms with Gasteiger partial charge >= 0.3 is 58.2 Å². The number of halogens is 1. The van der Waals surface area contributed by atoms with E-state index in [2.05, 4.69) is 16.8 Å². The Labute approximate surface area is 176 Å². The Morgan fingerprint density at radius 1 is 1.36 bits per heavy atom. The summed E-state index contributed by atoms with van der Waals surface area (Å²) in [6, 6.07) is 8.50. The molecule has 0 saturated heterocycles. The Kier molecular flexibility index (Phi) is 7.04. The minimum absolute atomic E-state index is 0. The van der Waals surface area contributed by atoms with Crippen LogP contribution in [0.3, 0.4) is 0 Å². The van der Waals surface area contributed by atoms with E-state index in [1.165, 1.54) is 43.5 Å². The van der Waals surface area contributed by atoms with E-state index in [9.17, 15) is 14.3 Å². The number of hydrogen-bond acceptors (Lipinski definition) is 3. The number of carbonyl (C=O) groups is 1. The zero-order valence-corrected chi connectivity index (χ0v) is 17.1. The molecule has 1 heterocycles. The largest absolute Gasteiger partial charge is 1.00 e. The number of nitrogens with one attached hydrogen (secondary N) is 1. The van der Waals surface area contributed by atoms with Crippen molar-refractivity contribution in [3.63, 3.8) is 0 Å². The normalized spacial score (nSPS) is 12.3. The summed E-state index contributed by atoms with van der Waals surface area (Å²) < 4.78 is 13.2. The Bertz CT molecular complexity index is 734. The molecule has 1 aromatic heterocycles. The molecule has 2 N–H and O–H groups in total. The number of benzene rings is 1. The average molecular weight is 369 g/mol. The summed E-state index contributed by atoms with van der Waals surface area (Å²) in [5.74, 6) is 4.02. The fraction of sp³-hybridized carbons (Fsp3) is 0.125. The zero-order chi connectivity index (χ0) is 15.5. The number of hydrogen-bond donors (Lipinski definition) is 1. The molecule has 0 aliphatic heterocycles. The minimum atomic E-state index is -1.51. The molecular weight excluding hydrogens is 357 g/mol. The Hall–Kier alpha value is -0.905. The third-order valence-corrected chi connectivity index (χ3v) is 2.83. The second kappa shape index (κ2) is 8.09. The molecule has 4 nitrogen and oxygen atoms in total. The van der Waals surface area contributed by atoms with Crippen LogP contribution in [0, 0.1) is 17.7 Å². The van der Waals surface area contributed by atoms with Crippen LogP contribution in [0.4, 0.5) is 4.39 Å². The van der Waals surface area contributed by atoms with Gasteiger partial charge < -0.3 is 15.6 Å². The van der Waals surface area contributed by atoms with Crippen molar-refractivity contribution in [1.29, 1.82) is 0 Å². The van der Waals surface area contributed by atoms with Crippen molar-refractivity contribution in [2.75, 3.05) is 0 Å². The van der Waals surface area contributed by atoms with Gasteiger partial charge in [-0.1, -0.05) is 24.0 Å². The van der Waals surface area contributed by atoms with Crippen LogP contribution in [-0.2, 0) is 5.60 Å². The van der Waals surface area contributed by atoms with Gasteiger partial charge in [0.2, 0.25) is 0 Å². The molecule has 6 heteroatoms. The van der Waals surface area contributed by atoms with Gasteiger partial charge in [0, 0.05) is 11.8 Å². The number of aliphatic hydroxyl groups is 1. The number of rotatable bonds is 2. The summed E-state index contributed by atoms with van der Waals surface area (Å²) in [5.41, 5.74) is 6.26. The van der Waals surface area contributed by atoms with Crippen molar-refractivity contribution in [1.82, 2.24) is 4.98 Å². The number of aromatic nitrogens is 1. The fourth-order valence-electron chi connectivity index (χ4n) is 1.66. The molecule has 0 saturated carbocycles. The van der Waals surface area contributed by atoms with Crippen LogP contribution in [0.15, 0.2) is 42.6 Å². The first kappa shape index (κ1) is 19.1. The van der Waals surface area contributed by atoms with E-state index in [4.69, 9.17) is 5.73 Å². The Morgan fingerprint density at radius 3 is 2.64 bits per heavy atom. The molecule has 0 bridgehead atoms. The van der Waals surface area contributed by atoms with Gasteiger partial charge in [0.05, 0.1) is 11.6 Å². The van der Waals surface area contributed by atoms with Crippen LogP contribution >= 0.6 is 0 Å². The van der Waals surface area contributed by atoms with Gasteiger partial charge in [0.1, 0.15) is 11.4 Å². The first-order valence-electron chi connectivity index (χ1n) is 6.12. The number of nitrogens with zero attached hydrogens (tertiary/aromatic N) is 1. The van der Waals surface area contributed by atoms with Crippen molar-refractivity contribution in [3.05, 3.63) is 71.0 Å². The van der Waals surface area contributed by atoms with Gasteiger partial charge in [-0.15, -0.1) is 0 Å². The van der Waals surface area contributed by atoms with E-state index in [-0.39, 0.29) is 63.9 Å². The summed E-state index contributed by atoms with van der Waals surface area (Å²) >= 11 is 0. The van der Waals surface area contributed by atoms with E-state index in [1.807, 2.05) is 0 Å². The van der Waals surface area contributed by atoms with E-state index in [1.54, 1.807) is 6.07 Å². The predicted molar refractivity (Wildman–Crippen MR) is 75.7 cm³/mol. The SMILES string of the molecule is CC(O)(C#Cc1ccc(C([NH-])=O)nc1)c1cccc(F)c1.[Rb+]. The fourth-order valence-corrected chi connectivity index (χ4v) is 1.66. The maximum absolute atomic E-state index is 13.2. The quantitative estimate of drug-likeness (QED) is 0.738. The number of pyridine rings is 1. The molecule has 0 radical (unpaired) electrons. The summed E-state index contributed by atoms with van der Waals surface area (Å²) in [4.78, 5) is 14.6. The monoisotopic (exact) mass is 368 g/mol. The summed E-state index contributed by atoms with van der Waals surface area (Å²) in [6.07, 6.45) is 1.34. The van der Waals surface area contributed by atoms with Crippen molar-refractivity contribution >= 4 is 5.91 Å². The maximum Gasteiger partial charge on any atom is 1.00 e. The van der Waals surface area contributed by atoms with E-state index in [0.29, 0.717) is 11.1 Å². The van der Waals surface area contributed by atoms with Crippen molar-refractivity contribution < 1.29 is 72.5 Å². The second-order valence-corrected chi connectivity index (χ2v) is 4.59. The summed E-state index contributed by atoms with van der Waals surface area (Å²) in [6.45, 7) is 1.46. The average Bonchev–Trinajstić information content (AvgIpc) is 2.45. The van der Waals surface area contributed by atoms with Gasteiger partial charge in [-0.2, -0.15) is 0 Å². The first-order chi connectivity index (χ1) is 9.88.